The van der Waals surface area contributed by atoms with E-state index >= 15 is 8.78 Å². The molecule has 3 aromatic carbocycles. The lowest BCUT2D eigenvalue weighted by molar-refractivity contribution is 0.0154. The molecule has 0 amide bonds. The van der Waals surface area contributed by atoms with Crippen molar-refractivity contribution in [3.63, 3.8) is 0 Å². The third kappa shape index (κ3) is 3.93. The number of anilines is 2. The van der Waals surface area contributed by atoms with Crippen molar-refractivity contribution >= 4 is 22.3 Å². The van der Waals surface area contributed by atoms with Crippen molar-refractivity contribution in [3.05, 3.63) is 77.7 Å². The summed E-state index contributed by atoms with van der Waals surface area (Å²) in [5, 5.41) is 7.76. The van der Waals surface area contributed by atoms with E-state index in [-0.39, 0.29) is 24.3 Å². The molecule has 1 N–H and O–H groups in total. The van der Waals surface area contributed by atoms with Gasteiger partial charge in [-0.3, -0.25) is 10.00 Å². The van der Waals surface area contributed by atoms with Crippen LogP contribution in [0.3, 0.4) is 0 Å². The summed E-state index contributed by atoms with van der Waals surface area (Å²) in [5.41, 5.74) is 2.47. The number of fused-ring (bicyclic) bond motifs is 3. The van der Waals surface area contributed by atoms with E-state index in [9.17, 15) is 4.39 Å². The van der Waals surface area contributed by atoms with Crippen LogP contribution in [0.15, 0.2) is 54.7 Å². The van der Waals surface area contributed by atoms with Gasteiger partial charge in [0.2, 0.25) is 0 Å². The summed E-state index contributed by atoms with van der Waals surface area (Å²) in [5.74, 6) is -1.71. The SMILES string of the molecule is CCCN1CC(Oc2c(F)cc(N3c4ccc5[nH]ncc5c4OC[C@H]3c3ccc(F)cc3)cc2F)C1. The van der Waals surface area contributed by atoms with Crippen molar-refractivity contribution in [3.8, 4) is 11.5 Å². The Hall–Kier alpha value is -3.72. The minimum absolute atomic E-state index is 0.194. The fraction of sp³-hybridized carbons (Fsp3) is 0.296. The predicted octanol–water partition coefficient (Wildman–Crippen LogP) is 5.73. The maximum atomic E-state index is 15.3. The Balaban J connectivity index is 1.39. The summed E-state index contributed by atoms with van der Waals surface area (Å²) in [7, 11) is 0. The van der Waals surface area contributed by atoms with E-state index in [1.165, 1.54) is 24.3 Å². The molecule has 0 bridgehead atoms. The highest BCUT2D eigenvalue weighted by molar-refractivity contribution is 5.93. The number of H-pyrrole nitrogens is 1. The van der Waals surface area contributed by atoms with Gasteiger partial charge in [0.05, 0.1) is 28.8 Å². The quantitative estimate of drug-likeness (QED) is 0.371. The van der Waals surface area contributed by atoms with Crippen LogP contribution in [0, 0.1) is 17.5 Å². The van der Waals surface area contributed by atoms with Gasteiger partial charge in [0.25, 0.3) is 0 Å². The molecule has 6 nitrogen and oxygen atoms in total. The first-order valence-corrected chi connectivity index (χ1v) is 12.0. The third-order valence-electron chi connectivity index (χ3n) is 6.77. The van der Waals surface area contributed by atoms with Crippen molar-refractivity contribution in [1.82, 2.24) is 15.1 Å². The minimum atomic E-state index is -0.769. The lowest BCUT2D eigenvalue weighted by Gasteiger charge is -2.40. The standard InChI is InChI=1S/C27H25F3N4O2/c1-2-9-33-13-19(14-33)36-27-21(29)10-18(11-22(27)30)34-24-8-7-23-20(12-31-32-23)26(24)35-15-25(34)16-3-5-17(28)6-4-16/h3-8,10-12,19,25H,2,9,13-15H2,1H3,(H,31,32)/t25-/m0/s1. The summed E-state index contributed by atoms with van der Waals surface area (Å²) in [6.07, 6.45) is 2.44. The molecule has 1 saturated heterocycles. The Labute approximate surface area is 206 Å². The van der Waals surface area contributed by atoms with Crippen LogP contribution in [0.1, 0.15) is 24.9 Å². The van der Waals surface area contributed by atoms with Crippen LogP contribution in [0.5, 0.6) is 11.5 Å². The van der Waals surface area contributed by atoms with Gasteiger partial charge < -0.3 is 14.4 Å². The fourth-order valence-electron chi connectivity index (χ4n) is 5.04. The van der Waals surface area contributed by atoms with E-state index in [1.54, 1.807) is 18.3 Å². The van der Waals surface area contributed by atoms with E-state index in [0.29, 0.717) is 30.2 Å². The van der Waals surface area contributed by atoms with Crippen LogP contribution in [-0.2, 0) is 0 Å². The number of likely N-dealkylation sites (tertiary alicyclic amines) is 1. The van der Waals surface area contributed by atoms with Crippen molar-refractivity contribution in [2.24, 2.45) is 0 Å². The number of aromatic amines is 1. The molecule has 0 aliphatic carbocycles. The number of hydrogen-bond acceptors (Lipinski definition) is 5. The van der Waals surface area contributed by atoms with Crippen LogP contribution in [0.25, 0.3) is 10.9 Å². The highest BCUT2D eigenvalue weighted by atomic mass is 19.1. The summed E-state index contributed by atoms with van der Waals surface area (Å²) in [6, 6.07) is 11.8. The van der Waals surface area contributed by atoms with Gasteiger partial charge >= 0.3 is 0 Å². The Morgan fingerprint density at radius 3 is 2.53 bits per heavy atom. The van der Waals surface area contributed by atoms with Crippen molar-refractivity contribution in [1.29, 1.82) is 0 Å². The van der Waals surface area contributed by atoms with Crippen LogP contribution in [-0.4, -0.2) is 47.4 Å². The highest BCUT2D eigenvalue weighted by Gasteiger charge is 2.34. The van der Waals surface area contributed by atoms with Crippen LogP contribution in [0.4, 0.5) is 24.5 Å². The molecule has 1 atom stereocenters. The average molecular weight is 495 g/mol. The number of hydrogen-bond donors (Lipinski definition) is 1. The van der Waals surface area contributed by atoms with Gasteiger partial charge in [-0.25, -0.2) is 13.2 Å². The molecule has 0 spiro atoms. The molecule has 0 unspecified atom stereocenters. The van der Waals surface area contributed by atoms with Gasteiger partial charge in [-0.15, -0.1) is 0 Å². The molecule has 3 heterocycles. The molecular formula is C27H25F3N4O2. The Kier molecular flexibility index (Phi) is 5.72. The number of ether oxygens (including phenoxy) is 2. The zero-order valence-corrected chi connectivity index (χ0v) is 19.7. The summed E-state index contributed by atoms with van der Waals surface area (Å²) in [6.45, 7) is 4.53. The summed E-state index contributed by atoms with van der Waals surface area (Å²) < 4.78 is 56.0. The number of rotatable bonds is 6. The normalized spacial score (nSPS) is 18.1. The largest absolute Gasteiger partial charge is 0.488 e. The van der Waals surface area contributed by atoms with E-state index in [2.05, 4.69) is 22.0 Å². The first-order valence-electron chi connectivity index (χ1n) is 12.0. The lowest BCUT2D eigenvalue weighted by Crippen LogP contribution is -2.53. The molecule has 186 valence electrons. The van der Waals surface area contributed by atoms with E-state index in [4.69, 9.17) is 9.47 Å². The van der Waals surface area contributed by atoms with Crippen LogP contribution in [0.2, 0.25) is 0 Å². The predicted molar refractivity (Wildman–Crippen MR) is 130 cm³/mol. The molecule has 2 aliphatic heterocycles. The zero-order chi connectivity index (χ0) is 24.8. The van der Waals surface area contributed by atoms with Gasteiger partial charge in [0.1, 0.15) is 18.5 Å². The third-order valence-corrected chi connectivity index (χ3v) is 6.77. The Bertz CT molecular complexity index is 1380. The molecule has 0 saturated carbocycles. The summed E-state index contributed by atoms with van der Waals surface area (Å²) >= 11 is 0. The fourth-order valence-corrected chi connectivity index (χ4v) is 5.04. The zero-order valence-electron chi connectivity index (χ0n) is 19.7. The number of benzene rings is 3. The van der Waals surface area contributed by atoms with Gasteiger partial charge in [0.15, 0.2) is 23.1 Å². The first-order chi connectivity index (χ1) is 17.5. The number of nitrogens with one attached hydrogen (secondary N) is 1. The molecular weight excluding hydrogens is 469 g/mol. The second kappa shape index (κ2) is 9.05. The molecule has 6 rings (SSSR count). The smallest absolute Gasteiger partial charge is 0.191 e. The lowest BCUT2D eigenvalue weighted by atomic mass is 10.0. The van der Waals surface area contributed by atoms with Gasteiger partial charge in [-0.2, -0.15) is 5.10 Å². The Morgan fingerprint density at radius 2 is 1.81 bits per heavy atom. The Morgan fingerprint density at radius 1 is 1.06 bits per heavy atom. The van der Waals surface area contributed by atoms with Gasteiger partial charge in [-0.05, 0) is 42.8 Å². The molecule has 1 fully saturated rings. The van der Waals surface area contributed by atoms with Gasteiger partial charge in [0, 0.05) is 30.9 Å². The van der Waals surface area contributed by atoms with E-state index in [1.807, 2.05) is 17.0 Å². The van der Waals surface area contributed by atoms with Crippen molar-refractivity contribution in [2.75, 3.05) is 31.1 Å². The molecule has 36 heavy (non-hydrogen) atoms. The maximum absolute atomic E-state index is 15.3. The molecule has 2 aliphatic rings. The van der Waals surface area contributed by atoms with Crippen LogP contribution >= 0.6 is 0 Å². The maximum Gasteiger partial charge on any atom is 0.191 e. The second-order valence-electron chi connectivity index (χ2n) is 9.23. The first kappa shape index (κ1) is 22.7. The second-order valence-corrected chi connectivity index (χ2v) is 9.23. The number of nitrogens with zero attached hydrogens (tertiary/aromatic N) is 3. The van der Waals surface area contributed by atoms with E-state index < -0.39 is 17.7 Å². The van der Waals surface area contributed by atoms with Crippen molar-refractivity contribution in [2.45, 2.75) is 25.5 Å². The monoisotopic (exact) mass is 494 g/mol. The highest BCUT2D eigenvalue weighted by Crippen LogP contribution is 2.48. The van der Waals surface area contributed by atoms with Gasteiger partial charge in [-0.1, -0.05) is 19.1 Å². The molecule has 0 radical (unpaired) electrons. The number of halogens is 3. The number of aromatic nitrogens is 2. The molecule has 1 aromatic heterocycles. The minimum Gasteiger partial charge on any atom is -0.488 e. The average Bonchev–Trinajstić information content (AvgIpc) is 3.33. The van der Waals surface area contributed by atoms with Crippen molar-refractivity contribution < 1.29 is 22.6 Å². The van der Waals surface area contributed by atoms with E-state index in [0.717, 1.165) is 29.4 Å². The molecule has 4 aromatic rings. The summed E-state index contributed by atoms with van der Waals surface area (Å²) in [4.78, 5) is 4.00. The molecule has 9 heteroatoms. The van der Waals surface area contributed by atoms with Crippen LogP contribution < -0.4 is 14.4 Å². The topological polar surface area (TPSA) is 53.6 Å².